The molecular formula is C14H23N3O2. The summed E-state index contributed by atoms with van der Waals surface area (Å²) in [4.78, 5) is 8.46. The Morgan fingerprint density at radius 2 is 2.32 bits per heavy atom. The quantitative estimate of drug-likeness (QED) is 0.755. The van der Waals surface area contributed by atoms with Crippen molar-refractivity contribution in [1.82, 2.24) is 9.97 Å². The van der Waals surface area contributed by atoms with Gasteiger partial charge < -0.3 is 15.2 Å². The van der Waals surface area contributed by atoms with E-state index >= 15 is 0 Å². The molecule has 2 atom stereocenters. The lowest BCUT2D eigenvalue weighted by Gasteiger charge is -2.25. The van der Waals surface area contributed by atoms with Crippen molar-refractivity contribution < 1.29 is 9.84 Å². The molecule has 0 aliphatic carbocycles. The van der Waals surface area contributed by atoms with E-state index < -0.39 is 0 Å². The Morgan fingerprint density at radius 3 is 2.84 bits per heavy atom. The molecule has 0 amide bonds. The van der Waals surface area contributed by atoms with Crippen LogP contribution in [-0.4, -0.2) is 34.8 Å². The fraction of sp³-hybridized carbons (Fsp3) is 0.571. The largest absolute Gasteiger partial charge is 0.491 e. The van der Waals surface area contributed by atoms with Crippen LogP contribution in [0.5, 0.6) is 5.75 Å². The van der Waals surface area contributed by atoms with E-state index in [2.05, 4.69) is 35.7 Å². The normalized spacial score (nSPS) is 13.7. The number of aliphatic hydroxyl groups excluding tert-OH is 1. The molecule has 0 bridgehead atoms. The number of methoxy groups -OCH3 is 1. The maximum atomic E-state index is 9.17. The highest BCUT2D eigenvalue weighted by molar-refractivity contribution is 5.52. The molecule has 5 heteroatoms. The van der Waals surface area contributed by atoms with Gasteiger partial charge in [-0.25, -0.2) is 9.97 Å². The van der Waals surface area contributed by atoms with Crippen LogP contribution in [0.2, 0.25) is 0 Å². The van der Waals surface area contributed by atoms with Crippen molar-refractivity contribution in [2.75, 3.05) is 19.0 Å². The first kappa shape index (κ1) is 15.4. The van der Waals surface area contributed by atoms with Gasteiger partial charge >= 0.3 is 0 Å². The van der Waals surface area contributed by atoms with E-state index in [1.54, 1.807) is 19.4 Å². The van der Waals surface area contributed by atoms with E-state index in [-0.39, 0.29) is 12.6 Å². The number of ether oxygens (including phenoxy) is 1. The van der Waals surface area contributed by atoms with E-state index in [1.165, 1.54) is 0 Å². The van der Waals surface area contributed by atoms with Gasteiger partial charge in [0.05, 0.1) is 13.3 Å². The molecule has 0 aliphatic heterocycles. The molecule has 106 valence electrons. The first-order valence-electron chi connectivity index (χ1n) is 6.57. The molecule has 0 aliphatic rings. The standard InChI is InChI=1S/C14H23N3O2/c1-5-10(3)11(7-8-18)16-14-12(19-4)9-15-13(6-2)17-14/h6,9-11,18H,2,5,7-8H2,1,3-4H3,(H,15,16,17)/t10?,11-/m0/s1. The van der Waals surface area contributed by atoms with Gasteiger partial charge in [0.15, 0.2) is 17.4 Å². The zero-order valence-electron chi connectivity index (χ0n) is 11.9. The maximum Gasteiger partial charge on any atom is 0.179 e. The van der Waals surface area contributed by atoms with Crippen LogP contribution in [0.4, 0.5) is 5.82 Å². The second-order valence-corrected chi connectivity index (χ2v) is 4.50. The van der Waals surface area contributed by atoms with Crippen LogP contribution in [0.3, 0.4) is 0 Å². The molecule has 0 fully saturated rings. The van der Waals surface area contributed by atoms with Gasteiger partial charge in [0.25, 0.3) is 0 Å². The van der Waals surface area contributed by atoms with Gasteiger partial charge in [0.2, 0.25) is 0 Å². The van der Waals surface area contributed by atoms with Crippen molar-refractivity contribution in [2.24, 2.45) is 5.92 Å². The summed E-state index contributed by atoms with van der Waals surface area (Å²) < 4.78 is 5.25. The average molecular weight is 265 g/mol. The van der Waals surface area contributed by atoms with Crippen LogP contribution in [0.15, 0.2) is 12.8 Å². The lowest BCUT2D eigenvalue weighted by molar-refractivity contribution is 0.262. The van der Waals surface area contributed by atoms with Crippen LogP contribution >= 0.6 is 0 Å². The summed E-state index contributed by atoms with van der Waals surface area (Å²) >= 11 is 0. The molecule has 5 nitrogen and oxygen atoms in total. The second-order valence-electron chi connectivity index (χ2n) is 4.50. The van der Waals surface area contributed by atoms with Gasteiger partial charge in [0.1, 0.15) is 0 Å². The second kappa shape index (κ2) is 7.74. The Morgan fingerprint density at radius 1 is 1.58 bits per heavy atom. The Bertz CT molecular complexity index is 410. The van der Waals surface area contributed by atoms with E-state index in [0.717, 1.165) is 6.42 Å². The minimum absolute atomic E-state index is 0.143. The van der Waals surface area contributed by atoms with Crippen molar-refractivity contribution in [2.45, 2.75) is 32.7 Å². The van der Waals surface area contributed by atoms with Gasteiger partial charge in [-0.15, -0.1) is 0 Å². The number of aromatic nitrogens is 2. The third-order valence-corrected chi connectivity index (χ3v) is 3.27. The number of nitrogens with one attached hydrogen (secondary N) is 1. The van der Waals surface area contributed by atoms with Crippen LogP contribution in [0.25, 0.3) is 6.08 Å². The number of hydrogen-bond acceptors (Lipinski definition) is 5. The molecule has 1 rings (SSSR count). The van der Waals surface area contributed by atoms with Crippen LogP contribution < -0.4 is 10.1 Å². The monoisotopic (exact) mass is 265 g/mol. The highest BCUT2D eigenvalue weighted by Gasteiger charge is 2.18. The maximum absolute atomic E-state index is 9.17. The molecule has 0 aromatic carbocycles. The fourth-order valence-electron chi connectivity index (χ4n) is 1.83. The summed E-state index contributed by atoms with van der Waals surface area (Å²) in [5.74, 6) is 2.22. The Kier molecular flexibility index (Phi) is 6.29. The minimum atomic E-state index is 0.143. The van der Waals surface area contributed by atoms with Crippen LogP contribution in [0, 0.1) is 5.92 Å². The number of rotatable bonds is 8. The highest BCUT2D eigenvalue weighted by Crippen LogP contribution is 2.24. The molecule has 1 aromatic heterocycles. The van der Waals surface area contributed by atoms with E-state index in [0.29, 0.717) is 29.7 Å². The first-order valence-corrected chi connectivity index (χ1v) is 6.57. The van der Waals surface area contributed by atoms with Gasteiger partial charge in [0, 0.05) is 12.6 Å². The lowest BCUT2D eigenvalue weighted by atomic mass is 9.96. The van der Waals surface area contributed by atoms with E-state index in [4.69, 9.17) is 9.84 Å². The van der Waals surface area contributed by atoms with Crippen molar-refractivity contribution in [3.8, 4) is 5.75 Å². The van der Waals surface area contributed by atoms with E-state index in [1.807, 2.05) is 0 Å². The van der Waals surface area contributed by atoms with E-state index in [9.17, 15) is 0 Å². The van der Waals surface area contributed by atoms with Gasteiger partial charge in [-0.1, -0.05) is 26.8 Å². The third-order valence-electron chi connectivity index (χ3n) is 3.27. The van der Waals surface area contributed by atoms with Crippen molar-refractivity contribution in [3.63, 3.8) is 0 Å². The van der Waals surface area contributed by atoms with Crippen molar-refractivity contribution >= 4 is 11.9 Å². The highest BCUT2D eigenvalue weighted by atomic mass is 16.5. The average Bonchev–Trinajstić information content (AvgIpc) is 2.45. The minimum Gasteiger partial charge on any atom is -0.491 e. The first-order chi connectivity index (χ1) is 9.15. The summed E-state index contributed by atoms with van der Waals surface area (Å²) in [6.07, 6.45) is 4.92. The number of aliphatic hydroxyl groups is 1. The molecule has 0 spiro atoms. The molecule has 19 heavy (non-hydrogen) atoms. The van der Waals surface area contributed by atoms with Crippen molar-refractivity contribution in [1.29, 1.82) is 0 Å². The number of hydrogen-bond donors (Lipinski definition) is 2. The zero-order chi connectivity index (χ0) is 14.3. The fourth-order valence-corrected chi connectivity index (χ4v) is 1.83. The predicted octanol–water partition coefficient (Wildman–Crippen LogP) is 2.34. The van der Waals surface area contributed by atoms with Gasteiger partial charge in [-0.3, -0.25) is 0 Å². The number of anilines is 1. The van der Waals surface area contributed by atoms with Crippen molar-refractivity contribution in [3.05, 3.63) is 18.6 Å². The smallest absolute Gasteiger partial charge is 0.179 e. The van der Waals surface area contributed by atoms with Gasteiger partial charge in [-0.2, -0.15) is 0 Å². The topological polar surface area (TPSA) is 67.3 Å². The summed E-state index contributed by atoms with van der Waals surface area (Å²) in [5, 5.41) is 12.5. The molecule has 1 heterocycles. The van der Waals surface area contributed by atoms with Crippen LogP contribution in [0.1, 0.15) is 32.5 Å². The molecule has 0 saturated heterocycles. The predicted molar refractivity (Wildman–Crippen MR) is 77.2 cm³/mol. The summed E-state index contributed by atoms with van der Waals surface area (Å²) in [5.41, 5.74) is 0. The third kappa shape index (κ3) is 4.21. The number of nitrogens with zero attached hydrogens (tertiary/aromatic N) is 2. The Hall–Kier alpha value is -1.62. The lowest BCUT2D eigenvalue weighted by Crippen LogP contribution is -2.29. The molecule has 0 saturated carbocycles. The SMILES string of the molecule is C=Cc1ncc(OC)c(N[C@@H](CCO)C(C)CC)n1. The van der Waals surface area contributed by atoms with Crippen LogP contribution in [-0.2, 0) is 0 Å². The molecule has 1 aromatic rings. The van der Waals surface area contributed by atoms with Gasteiger partial charge in [-0.05, 0) is 18.4 Å². The Balaban J connectivity index is 2.96. The molecule has 1 unspecified atom stereocenters. The summed E-state index contributed by atoms with van der Waals surface area (Å²) in [6, 6.07) is 0.150. The molecular weight excluding hydrogens is 242 g/mol. The molecule has 2 N–H and O–H groups in total. The zero-order valence-corrected chi connectivity index (χ0v) is 11.9. The molecule has 0 radical (unpaired) electrons. The summed E-state index contributed by atoms with van der Waals surface area (Å²) in [6.45, 7) is 8.08. The Labute approximate surface area is 114 Å². The summed E-state index contributed by atoms with van der Waals surface area (Å²) in [7, 11) is 1.59.